The topological polar surface area (TPSA) is 28.2 Å². The van der Waals surface area contributed by atoms with Gasteiger partial charge in [0.1, 0.15) is 5.82 Å². The second-order valence-electron chi connectivity index (χ2n) is 6.98. The predicted molar refractivity (Wildman–Crippen MR) is 88.9 cm³/mol. The maximum atomic E-state index is 6.52. The highest BCUT2D eigenvalue weighted by atomic mass is 35.5. The first-order valence-electron chi connectivity index (χ1n) is 8.24. The summed E-state index contributed by atoms with van der Waals surface area (Å²) in [5, 5.41) is 4.21. The minimum absolute atomic E-state index is 0.477. The molecule has 1 aromatic heterocycles. The van der Waals surface area contributed by atoms with Gasteiger partial charge >= 0.3 is 0 Å². The third-order valence-corrected chi connectivity index (χ3v) is 4.52. The van der Waals surface area contributed by atoms with Crippen molar-refractivity contribution in [2.24, 2.45) is 11.8 Å². The van der Waals surface area contributed by atoms with E-state index in [0.717, 1.165) is 47.9 Å². The highest BCUT2D eigenvalue weighted by molar-refractivity contribution is 6.33. The Balaban J connectivity index is 1.68. The highest BCUT2D eigenvalue weighted by Crippen LogP contribution is 2.37. The fourth-order valence-electron chi connectivity index (χ4n) is 2.59. The van der Waals surface area contributed by atoms with E-state index in [9.17, 15) is 0 Å². The normalized spacial score (nSPS) is 18.3. The van der Waals surface area contributed by atoms with Gasteiger partial charge < -0.3 is 10.2 Å². The smallest absolute Gasteiger partial charge is 0.147 e. The van der Waals surface area contributed by atoms with Crippen molar-refractivity contribution >= 4 is 17.4 Å². The lowest BCUT2D eigenvalue weighted by Gasteiger charge is -2.25. The molecule has 2 fully saturated rings. The van der Waals surface area contributed by atoms with Crippen molar-refractivity contribution < 1.29 is 0 Å². The van der Waals surface area contributed by atoms with Gasteiger partial charge in [0.05, 0.1) is 5.02 Å². The summed E-state index contributed by atoms with van der Waals surface area (Å²) < 4.78 is 0. The van der Waals surface area contributed by atoms with Crippen molar-refractivity contribution in [1.82, 2.24) is 10.3 Å². The van der Waals surface area contributed by atoms with Gasteiger partial charge in [-0.2, -0.15) is 0 Å². The number of halogens is 1. The second-order valence-corrected chi connectivity index (χ2v) is 7.38. The van der Waals surface area contributed by atoms with Crippen LogP contribution < -0.4 is 10.2 Å². The first kappa shape index (κ1) is 15.1. The van der Waals surface area contributed by atoms with Gasteiger partial charge in [-0.1, -0.05) is 25.4 Å². The van der Waals surface area contributed by atoms with Crippen LogP contribution >= 0.6 is 11.6 Å². The van der Waals surface area contributed by atoms with Gasteiger partial charge in [0, 0.05) is 31.9 Å². The molecule has 1 aromatic rings. The van der Waals surface area contributed by atoms with Crippen molar-refractivity contribution in [3.8, 4) is 0 Å². The van der Waals surface area contributed by atoms with Crippen LogP contribution in [0.3, 0.4) is 0 Å². The summed E-state index contributed by atoms with van der Waals surface area (Å²) in [6.45, 7) is 7.39. The molecular weight excluding hydrogens is 282 g/mol. The first-order chi connectivity index (χ1) is 10.1. The highest BCUT2D eigenvalue weighted by Gasteiger charge is 2.30. The summed E-state index contributed by atoms with van der Waals surface area (Å²) in [6.07, 6.45) is 7.46. The average Bonchev–Trinajstić information content (AvgIpc) is 3.31. The SMILES string of the molecule is CC(C)NCc1cnc(N(CC2CC2)CC2CC2)c(Cl)c1. The summed E-state index contributed by atoms with van der Waals surface area (Å²) in [4.78, 5) is 7.10. The fourth-order valence-corrected chi connectivity index (χ4v) is 2.90. The molecule has 0 bridgehead atoms. The third-order valence-electron chi connectivity index (χ3n) is 4.24. The fraction of sp³-hybridized carbons (Fsp3) is 0.706. The molecule has 0 radical (unpaired) electrons. The average molecular weight is 308 g/mol. The lowest BCUT2D eigenvalue weighted by molar-refractivity contribution is 0.587. The molecule has 0 amide bonds. The van der Waals surface area contributed by atoms with Crippen LogP contribution in [0.4, 0.5) is 5.82 Å². The lowest BCUT2D eigenvalue weighted by Crippen LogP contribution is -2.29. The zero-order valence-corrected chi connectivity index (χ0v) is 13.9. The summed E-state index contributed by atoms with van der Waals surface area (Å²) in [7, 11) is 0. The molecule has 0 aliphatic heterocycles. The Hall–Kier alpha value is -0.800. The molecule has 3 nitrogen and oxygen atoms in total. The minimum Gasteiger partial charge on any atom is -0.355 e. The second kappa shape index (κ2) is 6.53. The molecule has 2 saturated carbocycles. The maximum Gasteiger partial charge on any atom is 0.147 e. The number of anilines is 1. The molecule has 1 N–H and O–H groups in total. The van der Waals surface area contributed by atoms with E-state index >= 15 is 0 Å². The molecule has 2 aliphatic carbocycles. The van der Waals surface area contributed by atoms with Crippen molar-refractivity contribution in [3.63, 3.8) is 0 Å². The number of pyridine rings is 1. The number of rotatable bonds is 8. The van der Waals surface area contributed by atoms with E-state index in [4.69, 9.17) is 11.6 Å². The summed E-state index contributed by atoms with van der Waals surface area (Å²) in [6, 6.07) is 2.55. The number of nitrogens with zero attached hydrogens (tertiary/aromatic N) is 2. The van der Waals surface area contributed by atoms with E-state index in [1.165, 1.54) is 25.7 Å². The molecule has 0 spiro atoms. The van der Waals surface area contributed by atoms with E-state index in [1.54, 1.807) is 0 Å². The van der Waals surface area contributed by atoms with Crippen molar-refractivity contribution in [3.05, 3.63) is 22.8 Å². The standard InChI is InChI=1S/C17H26ClN3/c1-12(2)19-8-15-7-16(18)17(20-9-15)21(10-13-3-4-13)11-14-5-6-14/h7,9,12-14,19H,3-6,8,10-11H2,1-2H3. The quantitative estimate of drug-likeness (QED) is 0.790. The van der Waals surface area contributed by atoms with Crippen LogP contribution in [-0.2, 0) is 6.54 Å². The number of aromatic nitrogens is 1. The zero-order valence-electron chi connectivity index (χ0n) is 13.1. The van der Waals surface area contributed by atoms with Crippen molar-refractivity contribution in [1.29, 1.82) is 0 Å². The van der Waals surface area contributed by atoms with Crippen LogP contribution in [0.15, 0.2) is 12.3 Å². The van der Waals surface area contributed by atoms with Gasteiger partial charge in [-0.15, -0.1) is 0 Å². The van der Waals surface area contributed by atoms with E-state index < -0.39 is 0 Å². The van der Waals surface area contributed by atoms with Crippen LogP contribution in [0.25, 0.3) is 0 Å². The van der Waals surface area contributed by atoms with Gasteiger partial charge in [-0.05, 0) is 49.1 Å². The van der Waals surface area contributed by atoms with Crippen molar-refractivity contribution in [2.45, 2.75) is 52.1 Å². The molecule has 0 atom stereocenters. The molecule has 0 unspecified atom stereocenters. The van der Waals surface area contributed by atoms with Crippen molar-refractivity contribution in [2.75, 3.05) is 18.0 Å². The molecule has 21 heavy (non-hydrogen) atoms. The van der Waals surface area contributed by atoms with Gasteiger partial charge in [-0.25, -0.2) is 4.98 Å². The monoisotopic (exact) mass is 307 g/mol. The van der Waals surface area contributed by atoms with Crippen LogP contribution in [0.1, 0.15) is 45.1 Å². The van der Waals surface area contributed by atoms with Gasteiger partial charge in [-0.3, -0.25) is 0 Å². The Morgan fingerprint density at radius 3 is 2.33 bits per heavy atom. The molecule has 1 heterocycles. The van der Waals surface area contributed by atoms with Crippen LogP contribution in [-0.4, -0.2) is 24.1 Å². The number of hydrogen-bond acceptors (Lipinski definition) is 3. The van der Waals surface area contributed by atoms with Gasteiger partial charge in [0.15, 0.2) is 0 Å². The lowest BCUT2D eigenvalue weighted by atomic mass is 10.2. The van der Waals surface area contributed by atoms with E-state index in [2.05, 4.69) is 35.1 Å². The summed E-state index contributed by atoms with van der Waals surface area (Å²) >= 11 is 6.52. The van der Waals surface area contributed by atoms with Gasteiger partial charge in [0.25, 0.3) is 0 Å². The third kappa shape index (κ3) is 4.58. The number of hydrogen-bond donors (Lipinski definition) is 1. The maximum absolute atomic E-state index is 6.52. The van der Waals surface area contributed by atoms with E-state index in [1.807, 2.05) is 6.20 Å². The van der Waals surface area contributed by atoms with Gasteiger partial charge in [0.2, 0.25) is 0 Å². The zero-order chi connectivity index (χ0) is 14.8. The Morgan fingerprint density at radius 1 is 1.24 bits per heavy atom. The first-order valence-corrected chi connectivity index (χ1v) is 8.62. The Bertz CT molecular complexity index is 467. The molecule has 3 rings (SSSR count). The van der Waals surface area contributed by atoms with E-state index in [-0.39, 0.29) is 0 Å². The van der Waals surface area contributed by atoms with E-state index in [0.29, 0.717) is 6.04 Å². The largest absolute Gasteiger partial charge is 0.355 e. The molecule has 0 saturated heterocycles. The minimum atomic E-state index is 0.477. The molecule has 116 valence electrons. The number of nitrogens with one attached hydrogen (secondary N) is 1. The predicted octanol–water partition coefficient (Wildman–Crippen LogP) is 3.86. The molecule has 4 heteroatoms. The summed E-state index contributed by atoms with van der Waals surface area (Å²) in [5.41, 5.74) is 1.16. The Kier molecular flexibility index (Phi) is 4.70. The molecule has 0 aromatic carbocycles. The van der Waals surface area contributed by atoms with Crippen LogP contribution in [0.2, 0.25) is 5.02 Å². The molecular formula is C17H26ClN3. The summed E-state index contributed by atoms with van der Waals surface area (Å²) in [5.74, 6) is 2.72. The van der Waals surface area contributed by atoms with Crippen LogP contribution in [0, 0.1) is 11.8 Å². The molecule has 2 aliphatic rings. The Labute approximate surface area is 133 Å². The Morgan fingerprint density at radius 2 is 1.86 bits per heavy atom. The van der Waals surface area contributed by atoms with Crippen LogP contribution in [0.5, 0.6) is 0 Å².